The van der Waals surface area contributed by atoms with Crippen molar-refractivity contribution >= 4 is 95.5 Å². The minimum atomic E-state index is -1.08. The molecule has 0 fully saturated rings. The van der Waals surface area contributed by atoms with Crippen molar-refractivity contribution in [3.63, 3.8) is 0 Å². The maximum absolute atomic E-state index is 12.3. The van der Waals surface area contributed by atoms with Crippen LogP contribution in [0.2, 0.25) is 0 Å². The molecule has 344 valence electrons. The first-order chi connectivity index (χ1) is 30.2. The van der Waals surface area contributed by atoms with E-state index in [1.165, 1.54) is 81.9 Å². The van der Waals surface area contributed by atoms with Crippen molar-refractivity contribution in [2.24, 2.45) is 33.9 Å². The van der Waals surface area contributed by atoms with Gasteiger partial charge < -0.3 is 25.3 Å². The van der Waals surface area contributed by atoms with Gasteiger partial charge in [0, 0.05) is 93.9 Å². The fourth-order valence-electron chi connectivity index (χ4n) is 5.37. The summed E-state index contributed by atoms with van der Waals surface area (Å²) in [5.74, 6) is -1.32. The Morgan fingerprint density at radius 3 is 1.47 bits per heavy atom. The van der Waals surface area contributed by atoms with Gasteiger partial charge in [0.1, 0.15) is 13.1 Å². The molecule has 0 bridgehead atoms. The van der Waals surface area contributed by atoms with Crippen LogP contribution < -0.4 is 33.5 Å². The quantitative estimate of drug-likeness (QED) is 0.168. The lowest BCUT2D eigenvalue weighted by Crippen LogP contribution is -2.38. The molecule has 0 aliphatic heterocycles. The first kappa shape index (κ1) is 52.5. The highest BCUT2D eigenvalue weighted by Crippen LogP contribution is 2.11. The SMILES string of the molecule is Brc1nccs1.C.CCCc1nccs1.Cn1c(=O)c2c(ncn2CC(=O)NCCc2nccs2)n(C)c1=O.Cn1c(=O)c2c(ncn2CC(=O)O)n(C)c1=O.NCCc1nccs1. The number of nitrogens with one attached hydrogen (secondary N) is 1. The van der Waals surface area contributed by atoms with E-state index in [-0.39, 0.29) is 48.8 Å². The number of rotatable bonds is 11. The van der Waals surface area contributed by atoms with Crippen LogP contribution in [0.1, 0.15) is 35.8 Å². The van der Waals surface area contributed by atoms with Gasteiger partial charge in [-0.3, -0.25) is 37.4 Å². The zero-order valence-electron chi connectivity index (χ0n) is 34.8. The summed E-state index contributed by atoms with van der Waals surface area (Å²) in [4.78, 5) is 94.5. The Bertz CT molecular complexity index is 2860. The molecule has 64 heavy (non-hydrogen) atoms. The predicted molar refractivity (Wildman–Crippen MR) is 254 cm³/mol. The fraction of sp³-hybridized carbons (Fsp3) is 0.368. The van der Waals surface area contributed by atoms with Crippen LogP contribution in [0, 0.1) is 0 Å². The van der Waals surface area contributed by atoms with Gasteiger partial charge >= 0.3 is 17.3 Å². The number of carbonyl (C=O) groups is 2. The van der Waals surface area contributed by atoms with E-state index in [4.69, 9.17) is 10.8 Å². The first-order valence-electron chi connectivity index (χ1n) is 18.8. The second-order valence-corrected chi connectivity index (χ2v) is 18.0. The molecule has 1 amide bonds. The number of fused-ring (bicyclic) bond motifs is 2. The Hall–Kier alpha value is -5.80. The number of carbonyl (C=O) groups excluding carboxylic acids is 1. The molecule has 0 aromatic carbocycles. The second-order valence-electron chi connectivity index (χ2n) is 12.8. The van der Waals surface area contributed by atoms with Gasteiger partial charge in [0.25, 0.3) is 11.1 Å². The molecular weight excluding hydrogens is 973 g/mol. The highest BCUT2D eigenvalue weighted by Gasteiger charge is 2.17. The van der Waals surface area contributed by atoms with Crippen molar-refractivity contribution in [3.8, 4) is 0 Å². The van der Waals surface area contributed by atoms with Crippen LogP contribution in [0.5, 0.6) is 0 Å². The molecule has 8 aromatic rings. The fourth-order valence-corrected chi connectivity index (χ4v) is 8.15. The van der Waals surface area contributed by atoms with Crippen LogP contribution in [0.25, 0.3) is 22.3 Å². The number of hydrogen-bond acceptors (Lipinski definition) is 17. The minimum Gasteiger partial charge on any atom is -0.480 e. The molecule has 0 saturated carbocycles. The summed E-state index contributed by atoms with van der Waals surface area (Å²) in [5, 5.41) is 22.6. The number of carboxylic acids is 1. The molecule has 21 nitrogen and oxygen atoms in total. The van der Waals surface area contributed by atoms with Crippen LogP contribution in [-0.4, -0.2) is 87.4 Å². The van der Waals surface area contributed by atoms with Gasteiger partial charge in [0.15, 0.2) is 26.2 Å². The summed E-state index contributed by atoms with van der Waals surface area (Å²) in [7, 11) is 5.75. The van der Waals surface area contributed by atoms with Crippen LogP contribution in [0.15, 0.2) is 82.1 Å². The molecule has 8 aromatic heterocycles. The third-order valence-electron chi connectivity index (χ3n) is 8.39. The van der Waals surface area contributed by atoms with Crippen molar-refractivity contribution in [2.45, 2.75) is 53.1 Å². The topological polar surface area (TPSA) is 268 Å². The number of amides is 1. The van der Waals surface area contributed by atoms with Gasteiger partial charge in [-0.15, -0.1) is 45.3 Å². The van der Waals surface area contributed by atoms with Crippen molar-refractivity contribution < 1.29 is 14.7 Å². The number of nitrogens with zero attached hydrogens (tertiary/aromatic N) is 12. The number of thiazole rings is 4. The minimum absolute atomic E-state index is 0. The third kappa shape index (κ3) is 14.6. The van der Waals surface area contributed by atoms with Crippen LogP contribution in [0.4, 0.5) is 0 Å². The maximum atomic E-state index is 12.3. The molecule has 0 radical (unpaired) electrons. The number of carboxylic acid groups (broad SMARTS) is 1. The summed E-state index contributed by atoms with van der Waals surface area (Å²) in [6.45, 7) is 2.93. The lowest BCUT2D eigenvalue weighted by molar-refractivity contribution is -0.137. The number of imidazole rings is 2. The van der Waals surface area contributed by atoms with E-state index in [0.29, 0.717) is 19.5 Å². The Balaban J connectivity index is 0.000000235. The average molecular weight is 1020 g/mol. The molecule has 0 spiro atoms. The Kier molecular flexibility index (Phi) is 21.4. The van der Waals surface area contributed by atoms with Crippen LogP contribution in [-0.2, 0) is 70.1 Å². The second kappa shape index (κ2) is 26.1. The summed E-state index contributed by atoms with van der Waals surface area (Å²) in [6, 6.07) is 0. The maximum Gasteiger partial charge on any atom is 0.332 e. The number of aryl methyl sites for hydroxylation is 3. The number of nitrogens with two attached hydrogens (primary N) is 1. The Labute approximate surface area is 390 Å². The third-order valence-corrected chi connectivity index (χ3v) is 12.2. The molecule has 0 saturated heterocycles. The highest BCUT2D eigenvalue weighted by molar-refractivity contribution is 9.11. The molecule has 26 heteroatoms. The zero-order chi connectivity index (χ0) is 46.1. The lowest BCUT2D eigenvalue weighted by atomic mass is 10.4. The molecule has 0 aliphatic rings. The van der Waals surface area contributed by atoms with Gasteiger partial charge in [-0.25, -0.2) is 39.5 Å². The van der Waals surface area contributed by atoms with Gasteiger partial charge in [-0.1, -0.05) is 14.4 Å². The van der Waals surface area contributed by atoms with E-state index in [1.54, 1.807) is 52.6 Å². The van der Waals surface area contributed by atoms with E-state index in [0.717, 1.165) is 35.9 Å². The van der Waals surface area contributed by atoms with Crippen molar-refractivity contribution in [1.29, 1.82) is 0 Å². The van der Waals surface area contributed by atoms with Gasteiger partial charge in [-0.2, -0.15) is 0 Å². The van der Waals surface area contributed by atoms with Crippen molar-refractivity contribution in [3.05, 3.63) is 120 Å². The number of hydrogen-bond donors (Lipinski definition) is 3. The number of halogens is 1. The largest absolute Gasteiger partial charge is 0.480 e. The number of aliphatic carboxylic acids is 1. The molecule has 8 heterocycles. The van der Waals surface area contributed by atoms with Crippen molar-refractivity contribution in [2.75, 3.05) is 13.1 Å². The monoisotopic (exact) mass is 1020 g/mol. The highest BCUT2D eigenvalue weighted by atomic mass is 79.9. The number of aromatic nitrogens is 12. The normalized spacial score (nSPS) is 10.3. The van der Waals surface area contributed by atoms with E-state index < -0.39 is 28.5 Å². The zero-order valence-corrected chi connectivity index (χ0v) is 39.6. The molecular formula is C38H49BrN14O7S4. The molecule has 0 unspecified atom stereocenters. The van der Waals surface area contributed by atoms with E-state index in [9.17, 15) is 28.8 Å². The summed E-state index contributed by atoms with van der Waals surface area (Å²) in [6.07, 6.45) is 13.7. The molecule has 4 N–H and O–H groups in total. The lowest BCUT2D eigenvalue weighted by Gasteiger charge is -2.07. The van der Waals surface area contributed by atoms with E-state index >= 15 is 0 Å². The molecule has 8 rings (SSSR count). The van der Waals surface area contributed by atoms with E-state index in [1.807, 2.05) is 27.7 Å². The molecule has 0 atom stereocenters. The summed E-state index contributed by atoms with van der Waals surface area (Å²) >= 11 is 9.70. The summed E-state index contributed by atoms with van der Waals surface area (Å²) in [5.41, 5.74) is 4.09. The average Bonchev–Trinajstić information content (AvgIpc) is 4.12. The first-order valence-corrected chi connectivity index (χ1v) is 23.1. The Morgan fingerprint density at radius 1 is 0.656 bits per heavy atom. The smallest absolute Gasteiger partial charge is 0.332 e. The van der Waals surface area contributed by atoms with E-state index in [2.05, 4.69) is 58.1 Å². The predicted octanol–water partition coefficient (Wildman–Crippen LogP) is 3.05. The van der Waals surface area contributed by atoms with Crippen LogP contribution >= 0.6 is 61.3 Å². The van der Waals surface area contributed by atoms with Gasteiger partial charge in [-0.05, 0) is 35.3 Å². The van der Waals surface area contributed by atoms with Gasteiger partial charge in [0.05, 0.1) is 27.7 Å². The Morgan fingerprint density at radius 2 is 1.09 bits per heavy atom. The van der Waals surface area contributed by atoms with Gasteiger partial charge in [0.2, 0.25) is 5.91 Å². The standard InChI is InChI=1S/C14H16N6O3S.C9H10N4O4.C6H9NS.C5H8N2S.C3H2BrNS.CH4/c1-18-12-11(13(22)19(2)14(18)23)20(8-17-12)7-9(21)15-4-3-10-16-5-6-24-10;1-11-7-6(8(16)12(2)9(11)17)13(4-10-7)3-5(14)15;1-2-3-6-7-4-5-8-6;6-2-1-5-7-3-4-8-5;4-3-5-1-2-6-3;/h5-6,8H,3-4,7H2,1-2H3,(H,15,21);4H,3H2,1-2H3,(H,14,15);4-5H,2-3H2,1H3;3-4H,1-2,6H2;1-2H;1H4. The molecule has 0 aliphatic carbocycles. The summed E-state index contributed by atoms with van der Waals surface area (Å²) < 4.78 is 8.02. The van der Waals surface area contributed by atoms with Crippen LogP contribution in [0.3, 0.4) is 0 Å². The van der Waals surface area contributed by atoms with Crippen molar-refractivity contribution in [1.82, 2.24) is 62.6 Å².